The fourth-order valence-electron chi connectivity index (χ4n) is 4.34. The maximum absolute atomic E-state index is 13.6. The molecule has 1 heterocycles. The topological polar surface area (TPSA) is 59.1 Å². The molecule has 0 bridgehead atoms. The zero-order valence-electron chi connectivity index (χ0n) is 20.6. The number of aromatic nitrogens is 2. The summed E-state index contributed by atoms with van der Waals surface area (Å²) in [6.07, 6.45) is 6.58. The fourth-order valence-corrected chi connectivity index (χ4v) is 4.34. The Balaban J connectivity index is 1.45. The summed E-state index contributed by atoms with van der Waals surface area (Å²) < 4.78 is 46.9. The molecule has 0 amide bonds. The fraction of sp³-hybridized carbons (Fsp3) is 0.429. The molecule has 8 heteroatoms. The minimum atomic E-state index is -4.58. The van der Waals surface area contributed by atoms with Crippen molar-refractivity contribution in [3.05, 3.63) is 65.9 Å². The average Bonchev–Trinajstić information content (AvgIpc) is 2.87. The molecule has 2 aromatic carbocycles. The first-order chi connectivity index (χ1) is 17.4. The Hall–Kier alpha value is -3.29. The van der Waals surface area contributed by atoms with Gasteiger partial charge < -0.3 is 15.4 Å². The van der Waals surface area contributed by atoms with Crippen LogP contribution in [0.25, 0.3) is 0 Å². The molecule has 1 aliphatic rings. The molecule has 2 N–H and O–H groups in total. The predicted octanol–water partition coefficient (Wildman–Crippen LogP) is 8.43. The molecule has 1 aliphatic carbocycles. The molecule has 3 aromatic rings. The number of hydrogen-bond acceptors (Lipinski definition) is 5. The van der Waals surface area contributed by atoms with Crippen molar-refractivity contribution < 1.29 is 17.9 Å². The highest BCUT2D eigenvalue weighted by Crippen LogP contribution is 2.35. The highest BCUT2D eigenvalue weighted by Gasteiger charge is 2.35. The van der Waals surface area contributed by atoms with E-state index >= 15 is 0 Å². The van der Waals surface area contributed by atoms with Gasteiger partial charge in [-0.05, 0) is 80.5 Å². The van der Waals surface area contributed by atoms with Crippen LogP contribution in [0.1, 0.15) is 69.4 Å². The number of rotatable bonds is 10. The van der Waals surface area contributed by atoms with Crippen molar-refractivity contribution in [3.8, 4) is 5.75 Å². The molecule has 192 valence electrons. The van der Waals surface area contributed by atoms with E-state index < -0.39 is 11.7 Å². The van der Waals surface area contributed by atoms with Crippen molar-refractivity contribution in [2.45, 2.75) is 77.0 Å². The van der Waals surface area contributed by atoms with Gasteiger partial charge in [0, 0.05) is 17.6 Å². The van der Waals surface area contributed by atoms with E-state index in [-0.39, 0.29) is 17.9 Å². The molecule has 0 unspecified atom stereocenters. The van der Waals surface area contributed by atoms with Crippen molar-refractivity contribution in [3.63, 3.8) is 0 Å². The minimum Gasteiger partial charge on any atom is -0.490 e. The molecule has 0 radical (unpaired) electrons. The Kier molecular flexibility index (Phi) is 8.67. The summed E-state index contributed by atoms with van der Waals surface area (Å²) in [5.74, 6) is 0.555. The Morgan fingerprint density at radius 2 is 1.56 bits per heavy atom. The zero-order chi connectivity index (χ0) is 25.4. The molecular formula is C28H33F3N4O. The summed E-state index contributed by atoms with van der Waals surface area (Å²) in [4.78, 5) is 8.05. The average molecular weight is 499 g/mol. The second-order valence-electron chi connectivity index (χ2n) is 9.26. The van der Waals surface area contributed by atoms with Gasteiger partial charge in [-0.15, -0.1) is 0 Å². The van der Waals surface area contributed by atoms with Crippen LogP contribution in [0, 0.1) is 0 Å². The summed E-state index contributed by atoms with van der Waals surface area (Å²) in [5, 5.41) is 5.82. The van der Waals surface area contributed by atoms with Gasteiger partial charge in [0.1, 0.15) is 17.1 Å². The number of benzene rings is 2. The number of unbranched alkanes of at least 4 members (excludes halogenated alkanes) is 2. The zero-order valence-corrected chi connectivity index (χ0v) is 20.6. The number of ether oxygens (including phenoxy) is 1. The first-order valence-corrected chi connectivity index (χ1v) is 12.7. The molecule has 0 aliphatic heterocycles. The van der Waals surface area contributed by atoms with Gasteiger partial charge in [0.15, 0.2) is 0 Å². The smallest absolute Gasteiger partial charge is 0.421 e. The first kappa shape index (κ1) is 25.8. The summed E-state index contributed by atoms with van der Waals surface area (Å²) in [5.41, 5.74) is 1.43. The van der Waals surface area contributed by atoms with Crippen molar-refractivity contribution in [1.82, 2.24) is 9.97 Å². The van der Waals surface area contributed by atoms with Gasteiger partial charge in [0.05, 0.1) is 6.10 Å². The summed E-state index contributed by atoms with van der Waals surface area (Å²) in [7, 11) is 0. The van der Waals surface area contributed by atoms with Crippen LogP contribution in [0.15, 0.2) is 54.7 Å². The van der Waals surface area contributed by atoms with Gasteiger partial charge in [-0.2, -0.15) is 18.2 Å². The van der Waals surface area contributed by atoms with Crippen LogP contribution >= 0.6 is 0 Å². The van der Waals surface area contributed by atoms with Crippen LogP contribution in [0.2, 0.25) is 0 Å². The lowest BCUT2D eigenvalue weighted by atomic mass is 9.98. The molecule has 36 heavy (non-hydrogen) atoms. The monoisotopic (exact) mass is 498 g/mol. The van der Waals surface area contributed by atoms with E-state index in [4.69, 9.17) is 4.74 Å². The number of nitrogens with zero attached hydrogens (tertiary/aromatic N) is 2. The molecule has 0 saturated heterocycles. The van der Waals surface area contributed by atoms with E-state index in [2.05, 4.69) is 27.5 Å². The number of nitrogens with one attached hydrogen (secondary N) is 2. The summed E-state index contributed by atoms with van der Waals surface area (Å²) in [6.45, 7) is 2.15. The molecule has 1 aromatic heterocycles. The summed E-state index contributed by atoms with van der Waals surface area (Å²) >= 11 is 0. The lowest BCUT2D eigenvalue weighted by Crippen LogP contribution is -2.19. The van der Waals surface area contributed by atoms with Crippen LogP contribution in [0.4, 0.5) is 36.3 Å². The number of alkyl halides is 3. The lowest BCUT2D eigenvalue weighted by molar-refractivity contribution is -0.137. The van der Waals surface area contributed by atoms with Gasteiger partial charge in [0.2, 0.25) is 5.95 Å². The predicted molar refractivity (Wildman–Crippen MR) is 137 cm³/mol. The number of hydrogen-bond donors (Lipinski definition) is 2. The van der Waals surface area contributed by atoms with Crippen LogP contribution < -0.4 is 15.4 Å². The molecule has 0 spiro atoms. The third-order valence-corrected chi connectivity index (χ3v) is 6.35. The highest BCUT2D eigenvalue weighted by atomic mass is 19.4. The number of aryl methyl sites for hydroxylation is 1. The number of halogens is 3. The number of anilines is 4. The van der Waals surface area contributed by atoms with Gasteiger partial charge >= 0.3 is 6.18 Å². The van der Waals surface area contributed by atoms with E-state index in [0.29, 0.717) is 11.4 Å². The van der Waals surface area contributed by atoms with Gasteiger partial charge in [-0.1, -0.05) is 38.3 Å². The standard InChI is InChI=1S/C28H33F3N4O/c1-2-3-5-8-20-11-13-21(14-12-20)33-26-25(28(29,30)31)19-32-27(35-26)34-22-15-17-24(18-16-22)36-23-9-6-4-7-10-23/h11-19,23H,2-10H2,1H3,(H2,32,33,34,35). The quantitative estimate of drug-likeness (QED) is 0.275. The summed E-state index contributed by atoms with van der Waals surface area (Å²) in [6, 6.07) is 14.7. The molecule has 1 saturated carbocycles. The molecule has 5 nitrogen and oxygen atoms in total. The van der Waals surface area contributed by atoms with E-state index in [1.54, 1.807) is 12.1 Å². The maximum atomic E-state index is 13.6. The van der Waals surface area contributed by atoms with E-state index in [9.17, 15) is 13.2 Å². The second kappa shape index (κ2) is 12.1. The Morgan fingerprint density at radius 1 is 0.889 bits per heavy atom. The van der Waals surface area contributed by atoms with E-state index in [0.717, 1.165) is 56.0 Å². The van der Waals surface area contributed by atoms with E-state index in [1.165, 1.54) is 19.3 Å². The van der Waals surface area contributed by atoms with Gasteiger partial charge in [-0.3, -0.25) is 0 Å². The Morgan fingerprint density at radius 3 is 2.22 bits per heavy atom. The Bertz CT molecular complexity index is 1100. The van der Waals surface area contributed by atoms with Gasteiger partial charge in [0.25, 0.3) is 0 Å². The normalized spacial score (nSPS) is 14.4. The van der Waals surface area contributed by atoms with Crippen LogP contribution in [-0.2, 0) is 12.6 Å². The Labute approximate surface area is 210 Å². The molecule has 0 atom stereocenters. The van der Waals surface area contributed by atoms with Crippen molar-refractivity contribution in [2.75, 3.05) is 10.6 Å². The third-order valence-electron chi connectivity index (χ3n) is 6.35. The second-order valence-corrected chi connectivity index (χ2v) is 9.26. The minimum absolute atomic E-state index is 0.0719. The molecule has 1 fully saturated rings. The molecule has 4 rings (SSSR count). The van der Waals surface area contributed by atoms with Crippen molar-refractivity contribution >= 4 is 23.1 Å². The van der Waals surface area contributed by atoms with Crippen molar-refractivity contribution in [1.29, 1.82) is 0 Å². The highest BCUT2D eigenvalue weighted by molar-refractivity contribution is 5.63. The SMILES string of the molecule is CCCCCc1ccc(Nc2nc(Nc3ccc(OC4CCCCC4)cc3)ncc2C(F)(F)F)cc1. The third kappa shape index (κ3) is 7.35. The van der Waals surface area contributed by atoms with Gasteiger partial charge in [-0.25, -0.2) is 4.98 Å². The van der Waals surface area contributed by atoms with E-state index in [1.807, 2.05) is 36.4 Å². The maximum Gasteiger partial charge on any atom is 0.421 e. The van der Waals surface area contributed by atoms with Crippen LogP contribution in [0.5, 0.6) is 5.75 Å². The largest absolute Gasteiger partial charge is 0.490 e. The lowest BCUT2D eigenvalue weighted by Gasteiger charge is -2.23. The molecular weight excluding hydrogens is 465 g/mol. The van der Waals surface area contributed by atoms with Crippen molar-refractivity contribution in [2.24, 2.45) is 0 Å². The van der Waals surface area contributed by atoms with Crippen LogP contribution in [0.3, 0.4) is 0 Å². The first-order valence-electron chi connectivity index (χ1n) is 12.7. The van der Waals surface area contributed by atoms with Crippen LogP contribution in [-0.4, -0.2) is 16.1 Å².